The molecule has 6 heteroatoms. The number of hydrogen-bond donors (Lipinski definition) is 1. The van der Waals surface area contributed by atoms with Crippen molar-refractivity contribution in [3.8, 4) is 0 Å². The summed E-state index contributed by atoms with van der Waals surface area (Å²) in [6.07, 6.45) is 4.68. The third kappa shape index (κ3) is 3.05. The Hall–Kier alpha value is -2.50. The van der Waals surface area contributed by atoms with Gasteiger partial charge in [0.15, 0.2) is 0 Å². The first-order valence-electron chi connectivity index (χ1n) is 7.30. The first-order valence-corrected chi connectivity index (χ1v) is 7.30. The van der Waals surface area contributed by atoms with Crippen LogP contribution in [0.15, 0.2) is 30.6 Å². The second-order valence-electron chi connectivity index (χ2n) is 5.26. The van der Waals surface area contributed by atoms with Crippen molar-refractivity contribution in [3.05, 3.63) is 53.4 Å². The number of aromatic nitrogens is 2. The van der Waals surface area contributed by atoms with Gasteiger partial charge in [0, 0.05) is 19.5 Å². The molecule has 114 valence electrons. The zero-order valence-corrected chi connectivity index (χ0v) is 12.3. The predicted molar refractivity (Wildman–Crippen MR) is 80.9 cm³/mol. The van der Waals surface area contributed by atoms with Gasteiger partial charge < -0.3 is 10.2 Å². The minimum absolute atomic E-state index is 0.220. The molecule has 0 bridgehead atoms. The molecule has 0 saturated heterocycles. The van der Waals surface area contributed by atoms with Crippen LogP contribution >= 0.6 is 0 Å². The van der Waals surface area contributed by atoms with E-state index in [-0.39, 0.29) is 11.8 Å². The molecule has 0 radical (unpaired) electrons. The third-order valence-electron chi connectivity index (χ3n) is 3.74. The summed E-state index contributed by atoms with van der Waals surface area (Å²) in [5.41, 5.74) is 2.52. The first kappa shape index (κ1) is 14.4. The van der Waals surface area contributed by atoms with Crippen LogP contribution in [0.25, 0.3) is 0 Å². The maximum Gasteiger partial charge on any atom is 0.322 e. The molecule has 1 aliphatic heterocycles. The van der Waals surface area contributed by atoms with Crippen LogP contribution in [0.1, 0.15) is 23.9 Å². The smallest absolute Gasteiger partial charge is 0.320 e. The van der Waals surface area contributed by atoms with E-state index < -0.39 is 0 Å². The third-order valence-corrected chi connectivity index (χ3v) is 3.74. The Morgan fingerprint density at radius 2 is 2.09 bits per heavy atom. The average molecular weight is 300 g/mol. The Morgan fingerprint density at radius 1 is 1.32 bits per heavy atom. The molecule has 1 aromatic heterocycles. The van der Waals surface area contributed by atoms with Gasteiger partial charge in [-0.2, -0.15) is 0 Å². The number of fused-ring (bicyclic) bond motifs is 1. The maximum absolute atomic E-state index is 13.3. The molecule has 1 aliphatic rings. The summed E-state index contributed by atoms with van der Waals surface area (Å²) in [6, 6.07) is 4.52. The number of carbonyl (C=O) groups is 1. The SMILES string of the molecule is CCc1ncc(NC(=O)N2CCc3ccc(F)cc3C2)cn1. The normalized spacial score (nSPS) is 13.6. The van der Waals surface area contributed by atoms with E-state index in [1.807, 2.05) is 6.92 Å². The van der Waals surface area contributed by atoms with Gasteiger partial charge in [-0.3, -0.25) is 0 Å². The second kappa shape index (κ2) is 6.09. The van der Waals surface area contributed by atoms with Gasteiger partial charge in [0.2, 0.25) is 0 Å². The van der Waals surface area contributed by atoms with Crippen molar-refractivity contribution in [2.75, 3.05) is 11.9 Å². The quantitative estimate of drug-likeness (QED) is 0.928. The van der Waals surface area contributed by atoms with Crippen molar-refractivity contribution in [1.82, 2.24) is 14.9 Å². The van der Waals surface area contributed by atoms with Gasteiger partial charge in [0.05, 0.1) is 18.1 Å². The number of anilines is 1. The molecule has 1 N–H and O–H groups in total. The van der Waals surface area contributed by atoms with Crippen molar-refractivity contribution in [2.24, 2.45) is 0 Å². The summed E-state index contributed by atoms with van der Waals surface area (Å²) in [7, 11) is 0. The minimum atomic E-state index is -0.274. The molecule has 0 saturated carbocycles. The highest BCUT2D eigenvalue weighted by molar-refractivity contribution is 5.89. The van der Waals surface area contributed by atoms with Gasteiger partial charge in [-0.1, -0.05) is 13.0 Å². The van der Waals surface area contributed by atoms with Gasteiger partial charge in [-0.05, 0) is 29.7 Å². The maximum atomic E-state index is 13.3. The van der Waals surface area contributed by atoms with E-state index in [4.69, 9.17) is 0 Å². The predicted octanol–water partition coefficient (Wildman–Crippen LogP) is 2.77. The molecule has 2 amide bonds. The molecule has 0 spiro atoms. The largest absolute Gasteiger partial charge is 0.322 e. The Morgan fingerprint density at radius 3 is 2.82 bits per heavy atom. The fraction of sp³-hybridized carbons (Fsp3) is 0.312. The number of halogens is 1. The van der Waals surface area contributed by atoms with Crippen molar-refractivity contribution in [1.29, 1.82) is 0 Å². The van der Waals surface area contributed by atoms with Crippen molar-refractivity contribution in [3.63, 3.8) is 0 Å². The van der Waals surface area contributed by atoms with Crippen LogP contribution in [0.5, 0.6) is 0 Å². The Kier molecular flexibility index (Phi) is 4.00. The number of benzene rings is 1. The number of hydrogen-bond acceptors (Lipinski definition) is 3. The zero-order valence-electron chi connectivity index (χ0n) is 12.3. The van der Waals surface area contributed by atoms with Crippen LogP contribution in [0, 0.1) is 5.82 Å². The van der Waals surface area contributed by atoms with E-state index in [2.05, 4.69) is 15.3 Å². The lowest BCUT2D eigenvalue weighted by molar-refractivity contribution is 0.206. The number of nitrogens with one attached hydrogen (secondary N) is 1. The van der Waals surface area contributed by atoms with Crippen LogP contribution in [-0.2, 0) is 19.4 Å². The number of aryl methyl sites for hydroxylation is 1. The van der Waals surface area contributed by atoms with Gasteiger partial charge in [0.1, 0.15) is 11.6 Å². The molecule has 2 aromatic rings. The zero-order chi connectivity index (χ0) is 15.5. The van der Waals surface area contributed by atoms with Crippen LogP contribution in [-0.4, -0.2) is 27.4 Å². The number of urea groups is 1. The lowest BCUT2D eigenvalue weighted by Gasteiger charge is -2.28. The summed E-state index contributed by atoms with van der Waals surface area (Å²) in [5.74, 6) is 0.463. The summed E-state index contributed by atoms with van der Waals surface area (Å²) in [4.78, 5) is 22.2. The van der Waals surface area contributed by atoms with E-state index >= 15 is 0 Å². The topological polar surface area (TPSA) is 58.1 Å². The van der Waals surface area contributed by atoms with Crippen LogP contribution in [0.3, 0.4) is 0 Å². The van der Waals surface area contributed by atoms with Crippen molar-refractivity contribution < 1.29 is 9.18 Å². The number of nitrogens with zero attached hydrogens (tertiary/aromatic N) is 3. The number of carbonyl (C=O) groups excluding carboxylic acids is 1. The van der Waals surface area contributed by atoms with E-state index in [0.29, 0.717) is 18.8 Å². The molecule has 0 aliphatic carbocycles. The van der Waals surface area contributed by atoms with Gasteiger partial charge in [-0.15, -0.1) is 0 Å². The monoisotopic (exact) mass is 300 g/mol. The van der Waals surface area contributed by atoms with Crippen molar-refractivity contribution in [2.45, 2.75) is 26.3 Å². The van der Waals surface area contributed by atoms with E-state index in [0.717, 1.165) is 29.8 Å². The summed E-state index contributed by atoms with van der Waals surface area (Å²) in [6.45, 7) is 2.99. The highest BCUT2D eigenvalue weighted by atomic mass is 19.1. The first-order chi connectivity index (χ1) is 10.7. The van der Waals surface area contributed by atoms with E-state index in [9.17, 15) is 9.18 Å². The number of amides is 2. The van der Waals surface area contributed by atoms with Crippen LogP contribution in [0.4, 0.5) is 14.9 Å². The molecule has 0 fully saturated rings. The van der Waals surface area contributed by atoms with Crippen LogP contribution in [0.2, 0.25) is 0 Å². The van der Waals surface area contributed by atoms with E-state index in [1.54, 1.807) is 23.4 Å². The Labute approximate surface area is 128 Å². The standard InChI is InChI=1S/C16H17FN4O/c1-2-15-18-8-14(9-19-15)20-16(22)21-6-5-11-3-4-13(17)7-12(11)10-21/h3-4,7-9H,2,5-6,10H2,1H3,(H,20,22). The molecule has 22 heavy (non-hydrogen) atoms. The lowest BCUT2D eigenvalue weighted by Crippen LogP contribution is -2.39. The van der Waals surface area contributed by atoms with Crippen LogP contribution < -0.4 is 5.32 Å². The van der Waals surface area contributed by atoms with Gasteiger partial charge in [-0.25, -0.2) is 19.2 Å². The molecular weight excluding hydrogens is 283 g/mol. The highest BCUT2D eigenvalue weighted by Crippen LogP contribution is 2.20. The Bertz CT molecular complexity index is 687. The molecule has 1 aromatic carbocycles. The summed E-state index contributed by atoms with van der Waals surface area (Å²) >= 11 is 0. The molecule has 3 rings (SSSR count). The summed E-state index contributed by atoms with van der Waals surface area (Å²) < 4.78 is 13.3. The molecule has 2 heterocycles. The van der Waals surface area contributed by atoms with Gasteiger partial charge >= 0.3 is 6.03 Å². The number of rotatable bonds is 2. The summed E-state index contributed by atoms with van der Waals surface area (Å²) in [5, 5.41) is 2.78. The molecular formula is C16H17FN4O. The Balaban J connectivity index is 1.68. The van der Waals surface area contributed by atoms with Gasteiger partial charge in [0.25, 0.3) is 0 Å². The second-order valence-corrected chi connectivity index (χ2v) is 5.26. The molecule has 0 unspecified atom stereocenters. The lowest BCUT2D eigenvalue weighted by atomic mass is 10.00. The molecule has 5 nitrogen and oxygen atoms in total. The fourth-order valence-electron chi connectivity index (χ4n) is 2.50. The minimum Gasteiger partial charge on any atom is -0.320 e. The average Bonchev–Trinajstić information content (AvgIpc) is 2.54. The van der Waals surface area contributed by atoms with Crippen molar-refractivity contribution >= 4 is 11.7 Å². The van der Waals surface area contributed by atoms with E-state index in [1.165, 1.54) is 12.1 Å². The highest BCUT2D eigenvalue weighted by Gasteiger charge is 2.21. The molecule has 0 atom stereocenters. The fourth-order valence-corrected chi connectivity index (χ4v) is 2.50.